The first-order valence-electron chi connectivity index (χ1n) is 6.04. The number of hydrazine groups is 1. The van der Waals surface area contributed by atoms with Crippen molar-refractivity contribution in [3.63, 3.8) is 0 Å². The van der Waals surface area contributed by atoms with Crippen LogP contribution in [0.15, 0.2) is 41.0 Å². The van der Waals surface area contributed by atoms with Gasteiger partial charge in [-0.15, -0.1) is 0 Å². The Morgan fingerprint density at radius 2 is 2.06 bits per heavy atom. The van der Waals surface area contributed by atoms with E-state index in [0.29, 0.717) is 0 Å². The Bertz CT molecular complexity index is 527. The molecule has 0 radical (unpaired) electrons. The monoisotopic (exact) mass is 242 g/mol. The minimum atomic E-state index is 0.839. The molecule has 1 heterocycles. The summed E-state index contributed by atoms with van der Waals surface area (Å²) < 4.78 is 5.30. The summed E-state index contributed by atoms with van der Waals surface area (Å²) in [7, 11) is 1.85. The van der Waals surface area contributed by atoms with Crippen molar-refractivity contribution in [2.45, 2.75) is 13.3 Å². The van der Waals surface area contributed by atoms with Crippen LogP contribution in [0, 0.1) is 0 Å². The van der Waals surface area contributed by atoms with Gasteiger partial charge in [0.05, 0.1) is 12.0 Å². The first-order chi connectivity index (χ1) is 8.72. The Balaban J connectivity index is 2.41. The average Bonchev–Trinajstić information content (AvgIpc) is 2.88. The van der Waals surface area contributed by atoms with Crippen LogP contribution in [0.5, 0.6) is 0 Å². The van der Waals surface area contributed by atoms with Crippen LogP contribution in [0.3, 0.4) is 0 Å². The second kappa shape index (κ2) is 5.56. The second-order valence-electron chi connectivity index (χ2n) is 4.16. The first kappa shape index (κ1) is 12.5. The number of nitrogens with zero attached hydrogens (tertiary/aromatic N) is 1. The summed E-state index contributed by atoms with van der Waals surface area (Å²) >= 11 is 0. The fourth-order valence-corrected chi connectivity index (χ4v) is 1.96. The van der Waals surface area contributed by atoms with Crippen LogP contribution in [0.1, 0.15) is 23.8 Å². The highest BCUT2D eigenvalue weighted by molar-refractivity contribution is 5.77. The molecule has 3 nitrogen and oxygen atoms in total. The molecule has 2 rings (SSSR count). The van der Waals surface area contributed by atoms with Gasteiger partial charge in [0.25, 0.3) is 0 Å². The van der Waals surface area contributed by atoms with Crippen LogP contribution in [0.4, 0.5) is 5.69 Å². The normalized spacial score (nSPS) is 11.1. The van der Waals surface area contributed by atoms with Crippen molar-refractivity contribution in [2.24, 2.45) is 5.84 Å². The molecule has 0 fully saturated rings. The SMILES string of the molecule is CCc1cccc(N(C)N)c1/C=C/c1ccco1. The standard InChI is InChI=1S/C15H18N2O/c1-3-12-6-4-8-15(17(2)16)14(12)10-9-13-7-5-11-18-13/h4-11H,3,16H2,1-2H3/b10-9+. The van der Waals surface area contributed by atoms with Gasteiger partial charge in [0.2, 0.25) is 0 Å². The molecule has 1 aromatic heterocycles. The van der Waals surface area contributed by atoms with Crippen LogP contribution < -0.4 is 10.9 Å². The molecule has 0 bridgehead atoms. The molecule has 0 atom stereocenters. The Morgan fingerprint density at radius 1 is 1.22 bits per heavy atom. The molecule has 2 N–H and O–H groups in total. The number of benzene rings is 1. The van der Waals surface area contributed by atoms with Crippen LogP contribution in [0.2, 0.25) is 0 Å². The summed E-state index contributed by atoms with van der Waals surface area (Å²) in [5.41, 5.74) is 3.42. The lowest BCUT2D eigenvalue weighted by Crippen LogP contribution is -2.26. The highest BCUT2D eigenvalue weighted by atomic mass is 16.3. The van der Waals surface area contributed by atoms with Crippen molar-refractivity contribution in [3.05, 3.63) is 53.5 Å². The van der Waals surface area contributed by atoms with Gasteiger partial charge in [-0.05, 0) is 42.3 Å². The van der Waals surface area contributed by atoms with Gasteiger partial charge in [0.15, 0.2) is 0 Å². The van der Waals surface area contributed by atoms with Gasteiger partial charge >= 0.3 is 0 Å². The van der Waals surface area contributed by atoms with E-state index in [9.17, 15) is 0 Å². The number of nitrogens with two attached hydrogens (primary N) is 1. The number of anilines is 1. The highest BCUT2D eigenvalue weighted by Gasteiger charge is 2.06. The number of hydrogen-bond acceptors (Lipinski definition) is 3. The third-order valence-corrected chi connectivity index (χ3v) is 2.89. The van der Waals surface area contributed by atoms with E-state index in [1.807, 2.05) is 37.4 Å². The summed E-state index contributed by atoms with van der Waals surface area (Å²) in [6, 6.07) is 9.97. The summed E-state index contributed by atoms with van der Waals surface area (Å²) in [5, 5.41) is 1.64. The molecule has 0 aliphatic carbocycles. The van der Waals surface area contributed by atoms with Gasteiger partial charge in [0, 0.05) is 12.6 Å². The zero-order valence-corrected chi connectivity index (χ0v) is 10.8. The zero-order chi connectivity index (χ0) is 13.0. The third-order valence-electron chi connectivity index (χ3n) is 2.89. The summed E-state index contributed by atoms with van der Waals surface area (Å²) in [6.07, 6.45) is 6.65. The van der Waals surface area contributed by atoms with E-state index < -0.39 is 0 Å². The maximum Gasteiger partial charge on any atom is 0.126 e. The van der Waals surface area contributed by atoms with Gasteiger partial charge in [-0.2, -0.15) is 0 Å². The van der Waals surface area contributed by atoms with Crippen molar-refractivity contribution in [3.8, 4) is 0 Å². The van der Waals surface area contributed by atoms with E-state index in [2.05, 4.69) is 19.1 Å². The van der Waals surface area contributed by atoms with Gasteiger partial charge < -0.3 is 9.43 Å². The minimum absolute atomic E-state index is 0.839. The van der Waals surface area contributed by atoms with Crippen molar-refractivity contribution in [1.29, 1.82) is 0 Å². The van der Waals surface area contributed by atoms with Crippen molar-refractivity contribution < 1.29 is 4.42 Å². The fraction of sp³-hybridized carbons (Fsp3) is 0.200. The van der Waals surface area contributed by atoms with E-state index >= 15 is 0 Å². The molecule has 0 saturated carbocycles. The van der Waals surface area contributed by atoms with Gasteiger partial charge in [-0.1, -0.05) is 19.1 Å². The topological polar surface area (TPSA) is 42.4 Å². The highest BCUT2D eigenvalue weighted by Crippen LogP contribution is 2.24. The van der Waals surface area contributed by atoms with Crippen LogP contribution in [0.25, 0.3) is 12.2 Å². The molecule has 0 spiro atoms. The number of hydrogen-bond donors (Lipinski definition) is 1. The van der Waals surface area contributed by atoms with E-state index in [1.165, 1.54) is 5.56 Å². The zero-order valence-electron chi connectivity index (χ0n) is 10.8. The Morgan fingerprint density at radius 3 is 2.67 bits per heavy atom. The number of aryl methyl sites for hydroxylation is 1. The molecule has 0 aliphatic rings. The molecule has 0 amide bonds. The van der Waals surface area contributed by atoms with E-state index in [-0.39, 0.29) is 0 Å². The molecule has 0 saturated heterocycles. The van der Waals surface area contributed by atoms with Crippen LogP contribution in [-0.4, -0.2) is 7.05 Å². The lowest BCUT2D eigenvalue weighted by atomic mass is 10.0. The Hall–Kier alpha value is -2.00. The minimum Gasteiger partial charge on any atom is -0.465 e. The predicted octanol–water partition coefficient (Wildman–Crippen LogP) is 3.32. The molecular formula is C15H18N2O. The maximum absolute atomic E-state index is 5.86. The molecule has 1 aromatic carbocycles. The third kappa shape index (κ3) is 2.63. The molecule has 94 valence electrons. The predicted molar refractivity (Wildman–Crippen MR) is 76.0 cm³/mol. The van der Waals surface area contributed by atoms with Crippen molar-refractivity contribution in [2.75, 3.05) is 12.1 Å². The quantitative estimate of drug-likeness (QED) is 0.660. The van der Waals surface area contributed by atoms with Crippen LogP contribution in [-0.2, 0) is 6.42 Å². The lowest BCUT2D eigenvalue weighted by Gasteiger charge is -2.17. The van der Waals surface area contributed by atoms with Crippen molar-refractivity contribution >= 4 is 17.8 Å². The van der Waals surface area contributed by atoms with Gasteiger partial charge in [0.1, 0.15) is 5.76 Å². The molecule has 2 aromatic rings. The van der Waals surface area contributed by atoms with E-state index in [0.717, 1.165) is 23.4 Å². The first-order valence-corrected chi connectivity index (χ1v) is 6.04. The molecule has 0 unspecified atom stereocenters. The second-order valence-corrected chi connectivity index (χ2v) is 4.16. The molecule has 18 heavy (non-hydrogen) atoms. The lowest BCUT2D eigenvalue weighted by molar-refractivity contribution is 0.557. The smallest absolute Gasteiger partial charge is 0.126 e. The van der Waals surface area contributed by atoms with Crippen LogP contribution >= 0.6 is 0 Å². The fourth-order valence-electron chi connectivity index (χ4n) is 1.96. The molecule has 0 aliphatic heterocycles. The Kier molecular flexibility index (Phi) is 3.85. The van der Waals surface area contributed by atoms with E-state index in [1.54, 1.807) is 11.3 Å². The molecular weight excluding hydrogens is 224 g/mol. The summed E-state index contributed by atoms with van der Waals surface area (Å²) in [6.45, 7) is 2.14. The van der Waals surface area contributed by atoms with Crippen molar-refractivity contribution in [1.82, 2.24) is 0 Å². The van der Waals surface area contributed by atoms with E-state index in [4.69, 9.17) is 10.3 Å². The number of furan rings is 1. The molecule has 3 heteroatoms. The maximum atomic E-state index is 5.86. The summed E-state index contributed by atoms with van der Waals surface area (Å²) in [4.78, 5) is 0. The van der Waals surface area contributed by atoms with Gasteiger partial charge in [-0.25, -0.2) is 5.84 Å². The average molecular weight is 242 g/mol. The summed E-state index contributed by atoms with van der Waals surface area (Å²) in [5.74, 6) is 6.70. The largest absolute Gasteiger partial charge is 0.465 e. The Labute approximate surface area is 107 Å². The van der Waals surface area contributed by atoms with Gasteiger partial charge in [-0.3, -0.25) is 0 Å². The number of rotatable bonds is 4.